The normalized spacial score (nSPS) is 20.9. The fraction of sp³-hybridized carbons (Fsp3) is 0.217. The third-order valence-electron chi connectivity index (χ3n) is 5.53. The number of hydrogen-bond donors (Lipinski definition) is 0. The zero-order valence-electron chi connectivity index (χ0n) is 15.2. The van der Waals surface area contributed by atoms with Crippen molar-refractivity contribution in [3.63, 3.8) is 0 Å². The van der Waals surface area contributed by atoms with E-state index < -0.39 is 12.1 Å². The summed E-state index contributed by atoms with van der Waals surface area (Å²) in [6.45, 7) is 0.627. The van der Waals surface area contributed by atoms with Gasteiger partial charge >= 0.3 is 5.97 Å². The molecule has 28 heavy (non-hydrogen) atoms. The Morgan fingerprint density at radius 1 is 1.04 bits per heavy atom. The van der Waals surface area contributed by atoms with Crippen LogP contribution in [0.25, 0.3) is 0 Å². The standard InChI is InChI=1S/C23H19NO3S/c25-22(19-14-16-8-4-5-9-17(16)23(26)27-19)24-12-10-20-18(11-13-28-20)21(24)15-6-2-1-3-7-15/h1-9,11,13,19,21H,10,12,14H2/t19-,21-/m1/s1. The van der Waals surface area contributed by atoms with Gasteiger partial charge in [0, 0.05) is 17.8 Å². The predicted octanol–water partition coefficient (Wildman–Crippen LogP) is 4.00. The van der Waals surface area contributed by atoms with Crippen molar-refractivity contribution < 1.29 is 14.3 Å². The first-order valence-electron chi connectivity index (χ1n) is 9.43. The molecule has 3 aromatic rings. The molecule has 4 nitrogen and oxygen atoms in total. The molecule has 0 spiro atoms. The highest BCUT2D eigenvalue weighted by atomic mass is 32.1. The highest BCUT2D eigenvalue weighted by molar-refractivity contribution is 7.10. The second-order valence-corrected chi connectivity index (χ2v) is 8.15. The van der Waals surface area contributed by atoms with Gasteiger partial charge in [0.25, 0.3) is 5.91 Å². The van der Waals surface area contributed by atoms with Gasteiger partial charge in [-0.05, 0) is 40.6 Å². The second-order valence-electron chi connectivity index (χ2n) is 7.15. The number of cyclic esters (lactones) is 1. The largest absolute Gasteiger partial charge is 0.448 e. The van der Waals surface area contributed by atoms with E-state index in [0.717, 1.165) is 17.5 Å². The van der Waals surface area contributed by atoms with Gasteiger partial charge in [0.2, 0.25) is 0 Å². The number of thiophene rings is 1. The molecule has 1 amide bonds. The Morgan fingerprint density at radius 3 is 2.68 bits per heavy atom. The zero-order chi connectivity index (χ0) is 19.1. The quantitative estimate of drug-likeness (QED) is 0.623. The molecule has 0 radical (unpaired) electrons. The van der Waals surface area contributed by atoms with Crippen LogP contribution in [0.5, 0.6) is 0 Å². The smallest absolute Gasteiger partial charge is 0.339 e. The number of esters is 1. The van der Waals surface area contributed by atoms with Crippen LogP contribution in [-0.4, -0.2) is 29.4 Å². The summed E-state index contributed by atoms with van der Waals surface area (Å²) in [5.41, 5.74) is 3.70. The van der Waals surface area contributed by atoms with E-state index in [1.54, 1.807) is 17.4 Å². The van der Waals surface area contributed by atoms with Crippen LogP contribution in [0.2, 0.25) is 0 Å². The molecule has 0 N–H and O–H groups in total. The minimum Gasteiger partial charge on any atom is -0.448 e. The molecule has 3 heterocycles. The van der Waals surface area contributed by atoms with Crippen LogP contribution in [0, 0.1) is 0 Å². The molecule has 1 aromatic heterocycles. The molecule has 0 fully saturated rings. The van der Waals surface area contributed by atoms with Crippen molar-refractivity contribution in [2.24, 2.45) is 0 Å². The van der Waals surface area contributed by atoms with E-state index in [4.69, 9.17) is 4.74 Å². The minimum absolute atomic E-state index is 0.117. The van der Waals surface area contributed by atoms with E-state index in [-0.39, 0.29) is 11.9 Å². The first-order valence-corrected chi connectivity index (χ1v) is 10.3. The fourth-order valence-corrected chi connectivity index (χ4v) is 5.11. The van der Waals surface area contributed by atoms with Gasteiger partial charge in [-0.3, -0.25) is 4.79 Å². The summed E-state index contributed by atoms with van der Waals surface area (Å²) < 4.78 is 5.55. The van der Waals surface area contributed by atoms with Gasteiger partial charge in [-0.2, -0.15) is 0 Å². The Balaban J connectivity index is 1.50. The highest BCUT2D eigenvalue weighted by Crippen LogP contribution is 2.38. The van der Waals surface area contributed by atoms with Crippen LogP contribution in [0.15, 0.2) is 66.0 Å². The van der Waals surface area contributed by atoms with E-state index >= 15 is 0 Å². The second kappa shape index (κ2) is 6.91. The van der Waals surface area contributed by atoms with Crippen LogP contribution in [0.4, 0.5) is 0 Å². The molecule has 0 bridgehead atoms. The Kier molecular flexibility index (Phi) is 4.24. The summed E-state index contributed by atoms with van der Waals surface area (Å²) in [5, 5.41) is 2.09. The summed E-state index contributed by atoms with van der Waals surface area (Å²) in [6.07, 6.45) is 0.489. The molecule has 2 aromatic carbocycles. The van der Waals surface area contributed by atoms with E-state index in [2.05, 4.69) is 23.6 Å². The van der Waals surface area contributed by atoms with Crippen molar-refractivity contribution >= 4 is 23.2 Å². The number of ether oxygens (including phenoxy) is 1. The number of amides is 1. The number of hydrogen-bond acceptors (Lipinski definition) is 4. The third-order valence-corrected chi connectivity index (χ3v) is 6.53. The van der Waals surface area contributed by atoms with E-state index in [1.165, 1.54) is 10.4 Å². The van der Waals surface area contributed by atoms with Gasteiger partial charge in [-0.1, -0.05) is 48.5 Å². The number of carbonyl (C=O) groups is 2. The van der Waals surface area contributed by atoms with Gasteiger partial charge in [0.15, 0.2) is 6.10 Å². The van der Waals surface area contributed by atoms with Crippen molar-refractivity contribution in [1.82, 2.24) is 4.90 Å². The number of fused-ring (bicyclic) bond motifs is 2. The maximum Gasteiger partial charge on any atom is 0.339 e. The zero-order valence-corrected chi connectivity index (χ0v) is 16.0. The fourth-order valence-electron chi connectivity index (χ4n) is 4.20. The first kappa shape index (κ1) is 17.2. The molecule has 0 saturated heterocycles. The first-order chi connectivity index (χ1) is 13.7. The Morgan fingerprint density at radius 2 is 1.82 bits per heavy atom. The summed E-state index contributed by atoms with van der Waals surface area (Å²) >= 11 is 1.74. The monoisotopic (exact) mass is 389 g/mol. The van der Waals surface area contributed by atoms with Crippen molar-refractivity contribution in [1.29, 1.82) is 0 Å². The van der Waals surface area contributed by atoms with Crippen molar-refractivity contribution in [3.8, 4) is 0 Å². The average Bonchev–Trinajstić information content (AvgIpc) is 3.22. The molecule has 2 aliphatic heterocycles. The number of benzene rings is 2. The highest BCUT2D eigenvalue weighted by Gasteiger charge is 2.39. The van der Waals surface area contributed by atoms with Gasteiger partial charge in [0.1, 0.15) is 0 Å². The molecule has 0 saturated carbocycles. The maximum atomic E-state index is 13.5. The Bertz CT molecular complexity index is 1040. The van der Waals surface area contributed by atoms with Crippen LogP contribution in [0.1, 0.15) is 38.0 Å². The van der Waals surface area contributed by atoms with Gasteiger partial charge < -0.3 is 9.64 Å². The van der Waals surface area contributed by atoms with Gasteiger partial charge in [-0.25, -0.2) is 4.79 Å². The van der Waals surface area contributed by atoms with Crippen molar-refractivity contribution in [2.45, 2.75) is 25.0 Å². The number of nitrogens with zero attached hydrogens (tertiary/aromatic N) is 1. The van der Waals surface area contributed by atoms with Crippen molar-refractivity contribution in [3.05, 3.63) is 93.2 Å². The molecule has 2 atom stereocenters. The lowest BCUT2D eigenvalue weighted by atomic mass is 9.91. The molecule has 5 rings (SSSR count). The summed E-state index contributed by atoms with van der Waals surface area (Å²) in [6, 6.07) is 19.4. The molecule has 0 aliphatic carbocycles. The maximum absolute atomic E-state index is 13.5. The molecule has 2 aliphatic rings. The summed E-state index contributed by atoms with van der Waals surface area (Å²) in [4.78, 5) is 29.1. The predicted molar refractivity (Wildman–Crippen MR) is 107 cm³/mol. The summed E-state index contributed by atoms with van der Waals surface area (Å²) in [7, 11) is 0. The third kappa shape index (κ3) is 2.83. The molecule has 0 unspecified atom stereocenters. The van der Waals surface area contributed by atoms with Crippen molar-refractivity contribution in [2.75, 3.05) is 6.54 Å². The molecule has 5 heteroatoms. The van der Waals surface area contributed by atoms with Gasteiger partial charge in [0.05, 0.1) is 11.6 Å². The lowest BCUT2D eigenvalue weighted by Crippen LogP contribution is -2.48. The minimum atomic E-state index is -0.770. The Labute approximate surface area is 167 Å². The van der Waals surface area contributed by atoms with E-state index in [1.807, 2.05) is 41.3 Å². The average molecular weight is 389 g/mol. The van der Waals surface area contributed by atoms with Crippen LogP contribution >= 0.6 is 11.3 Å². The molecule has 140 valence electrons. The SMILES string of the molecule is O=C1O[C@@H](C(=O)N2CCc3sccc3[C@H]2c2ccccc2)Cc2ccccc21. The molecular formula is C23H19NO3S. The lowest BCUT2D eigenvalue weighted by molar-refractivity contribution is -0.143. The van der Waals surface area contributed by atoms with Crippen LogP contribution in [0.3, 0.4) is 0 Å². The van der Waals surface area contributed by atoms with Crippen LogP contribution in [-0.2, 0) is 22.4 Å². The number of rotatable bonds is 2. The van der Waals surface area contributed by atoms with Gasteiger partial charge in [-0.15, -0.1) is 11.3 Å². The number of carbonyl (C=O) groups excluding carboxylic acids is 2. The topological polar surface area (TPSA) is 46.6 Å². The Hall–Kier alpha value is -2.92. The molecular weight excluding hydrogens is 370 g/mol. The van der Waals surface area contributed by atoms with E-state index in [9.17, 15) is 9.59 Å². The lowest BCUT2D eigenvalue weighted by Gasteiger charge is -2.38. The van der Waals surface area contributed by atoms with Crippen LogP contribution < -0.4 is 0 Å². The summed E-state index contributed by atoms with van der Waals surface area (Å²) in [5.74, 6) is -0.529. The van der Waals surface area contributed by atoms with E-state index in [0.29, 0.717) is 18.5 Å².